The molecule has 2 N–H and O–H groups in total. The summed E-state index contributed by atoms with van der Waals surface area (Å²) in [6.45, 7) is 2.55. The Bertz CT molecular complexity index is 596. The zero-order valence-corrected chi connectivity index (χ0v) is 13.3. The van der Waals surface area contributed by atoms with Gasteiger partial charge in [0.2, 0.25) is 0 Å². The molecule has 2 rings (SSSR count). The first-order valence-electron chi connectivity index (χ1n) is 7.41. The third-order valence-electron chi connectivity index (χ3n) is 3.85. The molecule has 0 bridgehead atoms. The first kappa shape index (κ1) is 16.0. The van der Waals surface area contributed by atoms with Crippen molar-refractivity contribution in [3.63, 3.8) is 0 Å². The van der Waals surface area contributed by atoms with Gasteiger partial charge in [-0.3, -0.25) is 4.79 Å². The number of benzene rings is 2. The molecule has 116 valence electrons. The highest BCUT2D eigenvalue weighted by Crippen LogP contribution is 2.14. The number of amides is 1. The standard InChI is InChI=1S/C18H22N2O2/c1-14(15-7-5-4-6-8-15)20(2)13-18(21)19-16-9-11-17(22-3)12-10-16/h4-12,14H,13H2,1-3H3,(H,19,21)/p+1/t14-/m0/s1. The number of hydrogen-bond acceptors (Lipinski definition) is 2. The van der Waals surface area contributed by atoms with E-state index in [9.17, 15) is 4.79 Å². The zero-order valence-electron chi connectivity index (χ0n) is 13.3. The number of methoxy groups -OCH3 is 1. The number of nitrogens with one attached hydrogen (secondary N) is 2. The highest BCUT2D eigenvalue weighted by Gasteiger charge is 2.18. The summed E-state index contributed by atoms with van der Waals surface area (Å²) in [6, 6.07) is 17.8. The number of anilines is 1. The molecule has 0 aliphatic rings. The second-order valence-corrected chi connectivity index (χ2v) is 5.43. The molecule has 0 aromatic heterocycles. The molecule has 0 fully saturated rings. The van der Waals surface area contributed by atoms with Crippen molar-refractivity contribution in [3.8, 4) is 5.75 Å². The van der Waals surface area contributed by atoms with Gasteiger partial charge >= 0.3 is 0 Å². The molecule has 2 aromatic carbocycles. The molecule has 4 heteroatoms. The molecule has 0 aliphatic carbocycles. The molecule has 4 nitrogen and oxygen atoms in total. The lowest BCUT2D eigenvalue weighted by Crippen LogP contribution is -3.10. The van der Waals surface area contributed by atoms with Crippen LogP contribution in [0.4, 0.5) is 5.69 Å². The van der Waals surface area contributed by atoms with Crippen LogP contribution in [0.1, 0.15) is 18.5 Å². The minimum atomic E-state index is 0.00504. The fourth-order valence-electron chi connectivity index (χ4n) is 2.31. The van der Waals surface area contributed by atoms with Gasteiger partial charge in [0.1, 0.15) is 11.8 Å². The smallest absolute Gasteiger partial charge is 0.279 e. The van der Waals surface area contributed by atoms with Crippen molar-refractivity contribution in [1.29, 1.82) is 0 Å². The van der Waals surface area contributed by atoms with Crippen LogP contribution >= 0.6 is 0 Å². The van der Waals surface area contributed by atoms with Crippen LogP contribution in [-0.2, 0) is 4.79 Å². The molecular weight excluding hydrogens is 276 g/mol. The zero-order chi connectivity index (χ0) is 15.9. The summed E-state index contributed by atoms with van der Waals surface area (Å²) in [5, 5.41) is 2.92. The largest absolute Gasteiger partial charge is 0.497 e. The number of rotatable bonds is 6. The van der Waals surface area contributed by atoms with Crippen molar-refractivity contribution < 1.29 is 14.4 Å². The molecular formula is C18H23N2O2+. The van der Waals surface area contributed by atoms with E-state index in [1.165, 1.54) is 5.56 Å². The van der Waals surface area contributed by atoms with Gasteiger partial charge in [-0.15, -0.1) is 0 Å². The van der Waals surface area contributed by atoms with E-state index in [1.54, 1.807) is 7.11 Å². The molecule has 1 unspecified atom stereocenters. The van der Waals surface area contributed by atoms with Gasteiger partial charge in [0.05, 0.1) is 14.2 Å². The van der Waals surface area contributed by atoms with Gasteiger partial charge in [-0.25, -0.2) is 0 Å². The highest BCUT2D eigenvalue weighted by molar-refractivity contribution is 5.91. The van der Waals surface area contributed by atoms with Gasteiger partial charge in [0, 0.05) is 11.3 Å². The Morgan fingerprint density at radius 1 is 1.14 bits per heavy atom. The fourth-order valence-corrected chi connectivity index (χ4v) is 2.31. The molecule has 0 spiro atoms. The van der Waals surface area contributed by atoms with E-state index < -0.39 is 0 Å². The van der Waals surface area contributed by atoms with Crippen molar-refractivity contribution in [2.45, 2.75) is 13.0 Å². The van der Waals surface area contributed by atoms with E-state index in [1.807, 2.05) is 49.5 Å². The number of carbonyl (C=O) groups is 1. The molecule has 0 saturated heterocycles. The second-order valence-electron chi connectivity index (χ2n) is 5.43. The fraction of sp³-hybridized carbons (Fsp3) is 0.278. The van der Waals surface area contributed by atoms with E-state index in [0.29, 0.717) is 6.54 Å². The molecule has 2 aromatic rings. The van der Waals surface area contributed by atoms with Crippen LogP contribution < -0.4 is 15.0 Å². The Kier molecular flexibility index (Phi) is 5.55. The lowest BCUT2D eigenvalue weighted by molar-refractivity contribution is -0.902. The second kappa shape index (κ2) is 7.61. The van der Waals surface area contributed by atoms with Crippen LogP contribution in [0.3, 0.4) is 0 Å². The van der Waals surface area contributed by atoms with Crippen LogP contribution in [0.15, 0.2) is 54.6 Å². The van der Waals surface area contributed by atoms with E-state index >= 15 is 0 Å². The van der Waals surface area contributed by atoms with Gasteiger partial charge in [-0.2, -0.15) is 0 Å². The van der Waals surface area contributed by atoms with Crippen molar-refractivity contribution in [1.82, 2.24) is 0 Å². The average molecular weight is 299 g/mol. The van der Waals surface area contributed by atoms with Gasteiger partial charge in [0.15, 0.2) is 6.54 Å². The number of quaternary nitrogens is 1. The lowest BCUT2D eigenvalue weighted by Gasteiger charge is -2.21. The van der Waals surface area contributed by atoms with Crippen LogP contribution in [0, 0.1) is 0 Å². The SMILES string of the molecule is COc1ccc(NC(=O)C[NH+](C)[C@@H](C)c2ccccc2)cc1. The number of ether oxygens (including phenoxy) is 1. The Morgan fingerprint density at radius 3 is 2.36 bits per heavy atom. The average Bonchev–Trinajstić information content (AvgIpc) is 2.55. The van der Waals surface area contributed by atoms with Crippen molar-refractivity contribution >= 4 is 11.6 Å². The number of carbonyl (C=O) groups excluding carboxylic acids is 1. The molecule has 0 saturated carbocycles. The van der Waals surface area contributed by atoms with Gasteiger partial charge in [-0.05, 0) is 31.2 Å². The third kappa shape index (κ3) is 4.33. The Balaban J connectivity index is 1.90. The molecule has 1 amide bonds. The van der Waals surface area contributed by atoms with Crippen molar-refractivity contribution in [2.24, 2.45) is 0 Å². The molecule has 2 atom stereocenters. The highest BCUT2D eigenvalue weighted by atomic mass is 16.5. The summed E-state index contributed by atoms with van der Waals surface area (Å²) in [7, 11) is 3.65. The third-order valence-corrected chi connectivity index (χ3v) is 3.85. The van der Waals surface area contributed by atoms with Crippen LogP contribution in [-0.4, -0.2) is 26.6 Å². The first-order valence-corrected chi connectivity index (χ1v) is 7.41. The van der Waals surface area contributed by atoms with E-state index in [-0.39, 0.29) is 11.9 Å². The monoisotopic (exact) mass is 299 g/mol. The van der Waals surface area contributed by atoms with Gasteiger partial charge in [-0.1, -0.05) is 30.3 Å². The van der Waals surface area contributed by atoms with Gasteiger partial charge in [0.25, 0.3) is 5.91 Å². The minimum absolute atomic E-state index is 0.00504. The van der Waals surface area contributed by atoms with Crippen molar-refractivity contribution in [3.05, 3.63) is 60.2 Å². The van der Waals surface area contributed by atoms with E-state index in [0.717, 1.165) is 16.3 Å². The number of likely N-dealkylation sites (N-methyl/N-ethyl adjacent to an activating group) is 1. The predicted molar refractivity (Wildman–Crippen MR) is 88.2 cm³/mol. The maximum Gasteiger partial charge on any atom is 0.279 e. The Hall–Kier alpha value is -2.33. The summed E-state index contributed by atoms with van der Waals surface area (Å²) in [5.74, 6) is 0.781. The van der Waals surface area contributed by atoms with E-state index in [4.69, 9.17) is 4.74 Å². The summed E-state index contributed by atoms with van der Waals surface area (Å²) in [5.41, 5.74) is 2.02. The maximum absolute atomic E-state index is 12.1. The summed E-state index contributed by atoms with van der Waals surface area (Å²) >= 11 is 0. The van der Waals surface area contributed by atoms with E-state index in [2.05, 4.69) is 24.4 Å². The van der Waals surface area contributed by atoms with Crippen molar-refractivity contribution in [2.75, 3.05) is 26.0 Å². The molecule has 22 heavy (non-hydrogen) atoms. The lowest BCUT2D eigenvalue weighted by atomic mass is 10.1. The van der Waals surface area contributed by atoms with Gasteiger partial charge < -0.3 is 15.0 Å². The molecule has 0 heterocycles. The first-order chi connectivity index (χ1) is 10.6. The molecule has 0 aliphatic heterocycles. The maximum atomic E-state index is 12.1. The molecule has 0 radical (unpaired) electrons. The Morgan fingerprint density at radius 2 is 1.77 bits per heavy atom. The summed E-state index contributed by atoms with van der Waals surface area (Å²) < 4.78 is 5.10. The number of hydrogen-bond donors (Lipinski definition) is 2. The topological polar surface area (TPSA) is 42.8 Å². The quantitative estimate of drug-likeness (QED) is 0.855. The summed E-state index contributed by atoms with van der Waals surface area (Å²) in [4.78, 5) is 13.3. The van der Waals surface area contributed by atoms with Crippen LogP contribution in [0.25, 0.3) is 0 Å². The van der Waals surface area contributed by atoms with Crippen LogP contribution in [0.2, 0.25) is 0 Å². The normalized spacial score (nSPS) is 13.2. The predicted octanol–water partition coefficient (Wildman–Crippen LogP) is 1.91. The summed E-state index contributed by atoms with van der Waals surface area (Å²) in [6.07, 6.45) is 0. The Labute approximate surface area is 131 Å². The van der Waals surface area contributed by atoms with Crippen LogP contribution in [0.5, 0.6) is 5.75 Å². The minimum Gasteiger partial charge on any atom is -0.497 e.